The highest BCUT2D eigenvalue weighted by molar-refractivity contribution is 9.10. The van der Waals surface area contributed by atoms with Crippen molar-refractivity contribution < 1.29 is 4.74 Å². The van der Waals surface area contributed by atoms with Crippen LogP contribution in [0.3, 0.4) is 0 Å². The lowest BCUT2D eigenvalue weighted by molar-refractivity contribution is -0.0466. The van der Waals surface area contributed by atoms with E-state index in [4.69, 9.17) is 10.5 Å². The molecule has 19 heavy (non-hydrogen) atoms. The first kappa shape index (κ1) is 15.0. The smallest absolute Gasteiger partial charge is 0.0951 e. The van der Waals surface area contributed by atoms with Gasteiger partial charge in [0.25, 0.3) is 0 Å². The van der Waals surface area contributed by atoms with Gasteiger partial charge in [-0.3, -0.25) is 0 Å². The molecule has 0 amide bonds. The fourth-order valence-corrected chi connectivity index (χ4v) is 3.61. The molecule has 3 atom stereocenters. The lowest BCUT2D eigenvalue weighted by Crippen LogP contribution is -2.30. The minimum atomic E-state index is 0.0139. The van der Waals surface area contributed by atoms with Crippen LogP contribution in [0.15, 0.2) is 28.7 Å². The summed E-state index contributed by atoms with van der Waals surface area (Å²) in [7, 11) is 0. The molecule has 0 bridgehead atoms. The Bertz CT molecular complexity index is 399. The van der Waals surface area contributed by atoms with E-state index in [1.165, 1.54) is 12.0 Å². The molecule has 1 aromatic carbocycles. The molecule has 1 aliphatic rings. The molecule has 2 nitrogen and oxygen atoms in total. The van der Waals surface area contributed by atoms with Gasteiger partial charge >= 0.3 is 0 Å². The molecule has 0 aliphatic heterocycles. The molecule has 1 aromatic rings. The third-order valence-electron chi connectivity index (χ3n) is 3.93. The Kier molecular flexibility index (Phi) is 5.43. The van der Waals surface area contributed by atoms with Crippen LogP contribution in [-0.4, -0.2) is 12.6 Å². The van der Waals surface area contributed by atoms with Crippen LogP contribution in [0.25, 0.3) is 0 Å². The summed E-state index contributed by atoms with van der Waals surface area (Å²) in [5.41, 5.74) is 7.07. The highest BCUT2D eigenvalue weighted by atomic mass is 79.9. The maximum Gasteiger partial charge on any atom is 0.0951 e. The summed E-state index contributed by atoms with van der Waals surface area (Å²) >= 11 is 3.51. The lowest BCUT2D eigenvalue weighted by Gasteiger charge is -2.33. The summed E-state index contributed by atoms with van der Waals surface area (Å²) in [5.74, 6) is 1.52. The number of rotatable bonds is 4. The van der Waals surface area contributed by atoms with Gasteiger partial charge in [-0.1, -0.05) is 41.9 Å². The molecule has 0 aromatic heterocycles. The van der Waals surface area contributed by atoms with Gasteiger partial charge < -0.3 is 10.5 Å². The average Bonchev–Trinajstić information content (AvgIpc) is 2.34. The standard InChI is InChI=1S/C16H24BrNO/c1-11-6-12(2)8-15(7-11)19-16(10-18)13-4-3-5-14(17)9-13/h3-5,9,11-12,15-16H,6-8,10,18H2,1-2H3. The number of nitrogens with two attached hydrogens (primary N) is 1. The maximum atomic E-state index is 6.28. The second kappa shape index (κ2) is 6.87. The fraction of sp³-hybridized carbons (Fsp3) is 0.625. The van der Waals surface area contributed by atoms with Gasteiger partial charge in [-0.2, -0.15) is 0 Å². The Balaban J connectivity index is 2.02. The molecule has 2 N–H and O–H groups in total. The fourth-order valence-electron chi connectivity index (χ4n) is 3.19. The molecule has 1 saturated carbocycles. The summed E-state index contributed by atoms with van der Waals surface area (Å²) in [6.07, 6.45) is 4.01. The Labute approximate surface area is 124 Å². The number of hydrogen-bond acceptors (Lipinski definition) is 2. The van der Waals surface area contributed by atoms with Crippen LogP contribution < -0.4 is 5.73 Å². The maximum absolute atomic E-state index is 6.28. The van der Waals surface area contributed by atoms with Gasteiger partial charge in [0, 0.05) is 11.0 Å². The summed E-state index contributed by atoms with van der Waals surface area (Å²) < 4.78 is 7.36. The Morgan fingerprint density at radius 1 is 1.26 bits per heavy atom. The molecule has 0 heterocycles. The van der Waals surface area contributed by atoms with E-state index in [-0.39, 0.29) is 6.10 Å². The molecule has 0 saturated heterocycles. The van der Waals surface area contributed by atoms with Crippen molar-refractivity contribution in [3.63, 3.8) is 0 Å². The van der Waals surface area contributed by atoms with Crippen LogP contribution in [0.4, 0.5) is 0 Å². The molecular formula is C16H24BrNO. The van der Waals surface area contributed by atoms with Crippen LogP contribution in [-0.2, 0) is 4.74 Å². The summed E-state index contributed by atoms with van der Waals surface area (Å²) in [6.45, 7) is 5.18. The molecule has 1 fully saturated rings. The summed E-state index contributed by atoms with van der Waals surface area (Å²) in [5, 5.41) is 0. The zero-order valence-electron chi connectivity index (χ0n) is 11.8. The van der Waals surface area contributed by atoms with Crippen LogP contribution in [0.1, 0.15) is 44.8 Å². The average molecular weight is 326 g/mol. The van der Waals surface area contributed by atoms with Gasteiger partial charge in [-0.15, -0.1) is 0 Å². The van der Waals surface area contributed by atoms with Gasteiger partial charge in [0.05, 0.1) is 12.2 Å². The number of ether oxygens (including phenoxy) is 1. The molecule has 3 heteroatoms. The van der Waals surface area contributed by atoms with Gasteiger partial charge in [-0.05, 0) is 48.8 Å². The SMILES string of the molecule is CC1CC(C)CC(OC(CN)c2cccc(Br)c2)C1. The highest BCUT2D eigenvalue weighted by Crippen LogP contribution is 2.33. The normalized spacial score (nSPS) is 29.2. The Hall–Kier alpha value is -0.380. The van der Waals surface area contributed by atoms with Crippen LogP contribution in [0, 0.1) is 11.8 Å². The predicted molar refractivity (Wildman–Crippen MR) is 83.0 cm³/mol. The second-order valence-electron chi connectivity index (χ2n) is 5.95. The van der Waals surface area contributed by atoms with Gasteiger partial charge in [0.2, 0.25) is 0 Å². The first-order chi connectivity index (χ1) is 9.08. The monoisotopic (exact) mass is 325 g/mol. The van der Waals surface area contributed by atoms with Crippen molar-refractivity contribution in [1.29, 1.82) is 0 Å². The van der Waals surface area contributed by atoms with Crippen molar-refractivity contribution in [3.05, 3.63) is 34.3 Å². The van der Waals surface area contributed by atoms with Crippen molar-refractivity contribution in [2.45, 2.75) is 45.3 Å². The van der Waals surface area contributed by atoms with Crippen LogP contribution >= 0.6 is 15.9 Å². The highest BCUT2D eigenvalue weighted by Gasteiger charge is 2.26. The largest absolute Gasteiger partial charge is 0.369 e. The molecular weight excluding hydrogens is 302 g/mol. The number of halogens is 1. The zero-order chi connectivity index (χ0) is 13.8. The van der Waals surface area contributed by atoms with Gasteiger partial charge in [0.1, 0.15) is 0 Å². The summed E-state index contributed by atoms with van der Waals surface area (Å²) in [6, 6.07) is 8.27. The minimum Gasteiger partial charge on any atom is -0.369 e. The zero-order valence-corrected chi connectivity index (χ0v) is 13.4. The topological polar surface area (TPSA) is 35.2 Å². The van der Waals surface area contributed by atoms with Crippen LogP contribution in [0.2, 0.25) is 0 Å². The van der Waals surface area contributed by atoms with E-state index >= 15 is 0 Å². The first-order valence-electron chi connectivity index (χ1n) is 7.19. The van der Waals surface area contributed by atoms with E-state index in [1.807, 2.05) is 12.1 Å². The predicted octanol–water partition coefficient (Wildman–Crippen LogP) is 4.29. The van der Waals surface area contributed by atoms with E-state index in [2.05, 4.69) is 41.9 Å². The van der Waals surface area contributed by atoms with Gasteiger partial charge in [0.15, 0.2) is 0 Å². The molecule has 0 radical (unpaired) electrons. The van der Waals surface area contributed by atoms with Crippen LogP contribution in [0.5, 0.6) is 0 Å². The second-order valence-corrected chi connectivity index (χ2v) is 6.87. The third-order valence-corrected chi connectivity index (χ3v) is 4.42. The summed E-state index contributed by atoms with van der Waals surface area (Å²) in [4.78, 5) is 0. The molecule has 3 unspecified atom stereocenters. The third kappa shape index (κ3) is 4.30. The van der Waals surface area contributed by atoms with Crippen molar-refractivity contribution in [3.8, 4) is 0 Å². The van der Waals surface area contributed by atoms with E-state index in [0.29, 0.717) is 12.6 Å². The molecule has 106 valence electrons. The van der Waals surface area contributed by atoms with Crippen molar-refractivity contribution in [2.24, 2.45) is 17.6 Å². The van der Waals surface area contributed by atoms with E-state index in [0.717, 1.165) is 29.2 Å². The van der Waals surface area contributed by atoms with Crippen molar-refractivity contribution in [1.82, 2.24) is 0 Å². The Morgan fingerprint density at radius 3 is 2.53 bits per heavy atom. The lowest BCUT2D eigenvalue weighted by atomic mass is 9.81. The van der Waals surface area contributed by atoms with E-state index in [9.17, 15) is 0 Å². The molecule has 2 rings (SSSR count). The quantitative estimate of drug-likeness (QED) is 0.896. The minimum absolute atomic E-state index is 0.0139. The molecule has 0 spiro atoms. The van der Waals surface area contributed by atoms with Gasteiger partial charge in [-0.25, -0.2) is 0 Å². The number of hydrogen-bond donors (Lipinski definition) is 1. The van der Waals surface area contributed by atoms with E-state index < -0.39 is 0 Å². The first-order valence-corrected chi connectivity index (χ1v) is 7.98. The van der Waals surface area contributed by atoms with Crippen molar-refractivity contribution in [2.75, 3.05) is 6.54 Å². The van der Waals surface area contributed by atoms with E-state index in [1.54, 1.807) is 0 Å². The van der Waals surface area contributed by atoms with Crippen molar-refractivity contribution >= 4 is 15.9 Å². The number of benzene rings is 1. The molecule has 1 aliphatic carbocycles. The Morgan fingerprint density at radius 2 is 1.95 bits per heavy atom.